The Morgan fingerprint density at radius 3 is 1.85 bits per heavy atom. The summed E-state index contributed by atoms with van der Waals surface area (Å²) in [7, 11) is 0. The Bertz CT molecular complexity index is 164. The Labute approximate surface area is 82.2 Å². The molecule has 0 aliphatic rings. The standard InChI is InChI=1S/C12H23F/c1-7-10(8-2)11(4,5)12(6,13)9-3/h9-10H,3,7-8H2,1-2,4-6H3. The molecule has 0 saturated carbocycles. The lowest BCUT2D eigenvalue weighted by atomic mass is 9.66. The molecule has 1 unspecified atom stereocenters. The van der Waals surface area contributed by atoms with Crippen LogP contribution in [0.1, 0.15) is 47.5 Å². The fraction of sp³-hybridized carbons (Fsp3) is 0.833. The average Bonchev–Trinajstić information content (AvgIpc) is 2.06. The second-order valence-electron chi connectivity index (χ2n) is 4.51. The predicted molar refractivity (Wildman–Crippen MR) is 57.6 cm³/mol. The van der Waals surface area contributed by atoms with E-state index in [1.165, 1.54) is 6.08 Å². The minimum Gasteiger partial charge on any atom is -0.239 e. The number of rotatable bonds is 5. The molecular formula is C12H23F. The molecule has 0 nitrogen and oxygen atoms in total. The van der Waals surface area contributed by atoms with E-state index in [1.807, 2.05) is 13.8 Å². The average molecular weight is 186 g/mol. The lowest BCUT2D eigenvalue weighted by Gasteiger charge is -2.41. The SMILES string of the molecule is C=CC(C)(F)C(C)(C)C(CC)CC. The zero-order valence-corrected chi connectivity index (χ0v) is 9.65. The van der Waals surface area contributed by atoms with Gasteiger partial charge in [-0.3, -0.25) is 0 Å². The van der Waals surface area contributed by atoms with Gasteiger partial charge in [0.05, 0.1) is 0 Å². The van der Waals surface area contributed by atoms with Crippen molar-refractivity contribution in [3.05, 3.63) is 12.7 Å². The topological polar surface area (TPSA) is 0 Å². The molecule has 0 aliphatic carbocycles. The van der Waals surface area contributed by atoms with E-state index in [-0.39, 0.29) is 5.41 Å². The minimum absolute atomic E-state index is 0.321. The van der Waals surface area contributed by atoms with Gasteiger partial charge in [0.15, 0.2) is 0 Å². The van der Waals surface area contributed by atoms with Crippen LogP contribution in [0.15, 0.2) is 12.7 Å². The van der Waals surface area contributed by atoms with Crippen LogP contribution in [-0.4, -0.2) is 5.67 Å². The summed E-state index contributed by atoms with van der Waals surface area (Å²) in [5.41, 5.74) is -1.60. The number of halogens is 1. The molecule has 0 radical (unpaired) electrons. The van der Waals surface area contributed by atoms with E-state index >= 15 is 0 Å². The van der Waals surface area contributed by atoms with Gasteiger partial charge in [-0.1, -0.05) is 53.2 Å². The first-order valence-corrected chi connectivity index (χ1v) is 5.16. The molecule has 0 heterocycles. The molecule has 0 amide bonds. The van der Waals surface area contributed by atoms with E-state index in [0.29, 0.717) is 5.92 Å². The molecule has 0 spiro atoms. The van der Waals surface area contributed by atoms with Crippen LogP contribution in [-0.2, 0) is 0 Å². The molecule has 0 rings (SSSR count). The van der Waals surface area contributed by atoms with Crippen molar-refractivity contribution in [1.82, 2.24) is 0 Å². The molecule has 0 saturated heterocycles. The van der Waals surface area contributed by atoms with Crippen LogP contribution < -0.4 is 0 Å². The number of alkyl halides is 1. The Hall–Kier alpha value is -0.330. The van der Waals surface area contributed by atoms with Gasteiger partial charge in [-0.05, 0) is 12.8 Å². The lowest BCUT2D eigenvalue weighted by Crippen LogP contribution is -2.41. The Morgan fingerprint density at radius 1 is 1.23 bits per heavy atom. The van der Waals surface area contributed by atoms with Crippen LogP contribution in [0.25, 0.3) is 0 Å². The van der Waals surface area contributed by atoms with E-state index in [1.54, 1.807) is 6.92 Å². The maximum atomic E-state index is 14.1. The highest BCUT2D eigenvalue weighted by molar-refractivity contribution is 5.04. The molecule has 78 valence electrons. The summed E-state index contributed by atoms with van der Waals surface area (Å²) in [5, 5.41) is 0. The Kier molecular flexibility index (Phi) is 4.15. The molecular weight excluding hydrogens is 163 g/mol. The predicted octanol–water partition coefficient (Wildman–Crippen LogP) is 4.36. The molecule has 0 aliphatic heterocycles. The van der Waals surface area contributed by atoms with Crippen LogP contribution in [0.2, 0.25) is 0 Å². The molecule has 1 heteroatoms. The van der Waals surface area contributed by atoms with E-state index in [4.69, 9.17) is 0 Å². The fourth-order valence-corrected chi connectivity index (χ4v) is 1.97. The van der Waals surface area contributed by atoms with E-state index in [2.05, 4.69) is 20.4 Å². The summed E-state index contributed by atoms with van der Waals surface area (Å²) in [6.45, 7) is 13.4. The Balaban J connectivity index is 4.81. The van der Waals surface area contributed by atoms with Gasteiger partial charge in [0.25, 0.3) is 0 Å². The third-order valence-corrected chi connectivity index (χ3v) is 3.65. The normalized spacial score (nSPS) is 17.2. The highest BCUT2D eigenvalue weighted by Crippen LogP contribution is 2.44. The second-order valence-corrected chi connectivity index (χ2v) is 4.51. The third-order valence-electron chi connectivity index (χ3n) is 3.65. The second kappa shape index (κ2) is 4.26. The Morgan fingerprint density at radius 2 is 1.62 bits per heavy atom. The van der Waals surface area contributed by atoms with Crippen molar-refractivity contribution >= 4 is 0 Å². The van der Waals surface area contributed by atoms with Crippen molar-refractivity contribution in [3.63, 3.8) is 0 Å². The van der Waals surface area contributed by atoms with Gasteiger partial charge in [0, 0.05) is 5.41 Å². The fourth-order valence-electron chi connectivity index (χ4n) is 1.97. The van der Waals surface area contributed by atoms with E-state index < -0.39 is 5.67 Å². The van der Waals surface area contributed by atoms with Crippen molar-refractivity contribution in [1.29, 1.82) is 0 Å². The molecule has 0 N–H and O–H groups in total. The van der Waals surface area contributed by atoms with Crippen molar-refractivity contribution in [2.45, 2.75) is 53.1 Å². The molecule has 13 heavy (non-hydrogen) atoms. The number of hydrogen-bond donors (Lipinski definition) is 0. The van der Waals surface area contributed by atoms with Crippen LogP contribution in [0.5, 0.6) is 0 Å². The maximum Gasteiger partial charge on any atom is 0.131 e. The van der Waals surface area contributed by atoms with Crippen LogP contribution in [0.4, 0.5) is 4.39 Å². The molecule has 0 aromatic heterocycles. The molecule has 0 aromatic carbocycles. The lowest BCUT2D eigenvalue weighted by molar-refractivity contribution is 0.0218. The molecule has 1 atom stereocenters. The molecule has 0 fully saturated rings. The summed E-state index contributed by atoms with van der Waals surface area (Å²) in [5.74, 6) is 0.417. The summed E-state index contributed by atoms with van der Waals surface area (Å²) >= 11 is 0. The van der Waals surface area contributed by atoms with Gasteiger partial charge in [-0.2, -0.15) is 0 Å². The van der Waals surface area contributed by atoms with Crippen molar-refractivity contribution in [2.24, 2.45) is 11.3 Å². The highest BCUT2D eigenvalue weighted by atomic mass is 19.1. The van der Waals surface area contributed by atoms with Gasteiger partial charge in [0.2, 0.25) is 0 Å². The first-order valence-electron chi connectivity index (χ1n) is 5.16. The number of allylic oxidation sites excluding steroid dienone is 1. The third kappa shape index (κ3) is 2.32. The summed E-state index contributed by atoms with van der Waals surface area (Å²) in [6, 6.07) is 0. The highest BCUT2D eigenvalue weighted by Gasteiger charge is 2.43. The zero-order valence-electron chi connectivity index (χ0n) is 9.65. The van der Waals surface area contributed by atoms with Gasteiger partial charge < -0.3 is 0 Å². The monoisotopic (exact) mass is 186 g/mol. The number of hydrogen-bond acceptors (Lipinski definition) is 0. The minimum atomic E-state index is -1.27. The summed E-state index contributed by atoms with van der Waals surface area (Å²) < 4.78 is 14.1. The van der Waals surface area contributed by atoms with Crippen LogP contribution in [0.3, 0.4) is 0 Å². The van der Waals surface area contributed by atoms with Gasteiger partial charge in [0.1, 0.15) is 5.67 Å². The van der Waals surface area contributed by atoms with Crippen LogP contribution >= 0.6 is 0 Å². The zero-order chi connectivity index (χ0) is 10.7. The van der Waals surface area contributed by atoms with Gasteiger partial charge >= 0.3 is 0 Å². The largest absolute Gasteiger partial charge is 0.239 e. The van der Waals surface area contributed by atoms with Gasteiger partial charge in [-0.15, -0.1) is 0 Å². The van der Waals surface area contributed by atoms with Gasteiger partial charge in [-0.25, -0.2) is 4.39 Å². The first-order chi connectivity index (χ1) is 5.83. The first kappa shape index (κ1) is 12.7. The maximum absolute atomic E-state index is 14.1. The van der Waals surface area contributed by atoms with Crippen LogP contribution in [0, 0.1) is 11.3 Å². The molecule has 0 bridgehead atoms. The smallest absolute Gasteiger partial charge is 0.131 e. The van der Waals surface area contributed by atoms with E-state index in [0.717, 1.165) is 12.8 Å². The summed E-state index contributed by atoms with van der Waals surface area (Å²) in [6.07, 6.45) is 3.49. The van der Waals surface area contributed by atoms with Crippen molar-refractivity contribution < 1.29 is 4.39 Å². The van der Waals surface area contributed by atoms with Crippen molar-refractivity contribution in [3.8, 4) is 0 Å². The van der Waals surface area contributed by atoms with Crippen molar-refractivity contribution in [2.75, 3.05) is 0 Å². The quantitative estimate of drug-likeness (QED) is 0.559. The summed E-state index contributed by atoms with van der Waals surface area (Å²) in [4.78, 5) is 0. The molecule has 0 aromatic rings. The van der Waals surface area contributed by atoms with E-state index in [9.17, 15) is 4.39 Å².